The Morgan fingerprint density at radius 1 is 1.59 bits per heavy atom. The molecule has 3 N–H and O–H groups in total. The summed E-state index contributed by atoms with van der Waals surface area (Å²) in [5, 5.41) is 12.0. The molecule has 17 heavy (non-hydrogen) atoms. The number of thioether (sulfide) groups is 1. The number of nitriles is 1. The van der Waals surface area contributed by atoms with Crippen molar-refractivity contribution < 1.29 is 4.79 Å². The Bertz CT molecular complexity index is 295. The molecule has 1 fully saturated rings. The van der Waals surface area contributed by atoms with E-state index in [1.807, 2.05) is 0 Å². The molecule has 0 aromatic rings. The number of nitrogens with two attached hydrogens (primary N) is 1. The highest BCUT2D eigenvalue weighted by molar-refractivity contribution is 7.99. The van der Waals surface area contributed by atoms with Crippen LogP contribution in [0.25, 0.3) is 0 Å². The molecule has 4 nitrogen and oxygen atoms in total. The van der Waals surface area contributed by atoms with Crippen LogP contribution in [0.1, 0.15) is 32.6 Å². The number of amides is 1. The number of rotatable bonds is 6. The molecule has 0 saturated heterocycles. The summed E-state index contributed by atoms with van der Waals surface area (Å²) in [7, 11) is 0. The lowest BCUT2D eigenvalue weighted by atomic mass is 10.0. The van der Waals surface area contributed by atoms with Gasteiger partial charge in [0.1, 0.15) is 5.54 Å². The molecule has 1 aliphatic rings. The maximum absolute atomic E-state index is 11.7. The quantitative estimate of drug-likeness (QED) is 0.749. The fourth-order valence-corrected chi connectivity index (χ4v) is 2.88. The molecule has 0 heterocycles. The van der Waals surface area contributed by atoms with Crippen molar-refractivity contribution in [3.8, 4) is 6.07 Å². The Hall–Kier alpha value is -0.730. The molecular weight excluding hydrogens is 234 g/mol. The largest absolute Gasteiger partial charge is 0.337 e. The van der Waals surface area contributed by atoms with Crippen LogP contribution in [0, 0.1) is 17.2 Å². The van der Waals surface area contributed by atoms with Crippen molar-refractivity contribution in [2.75, 3.05) is 18.1 Å². The van der Waals surface area contributed by atoms with Gasteiger partial charge in [0.2, 0.25) is 5.91 Å². The Morgan fingerprint density at radius 3 is 2.76 bits per heavy atom. The zero-order valence-electron chi connectivity index (χ0n) is 10.4. The van der Waals surface area contributed by atoms with E-state index in [0.717, 1.165) is 31.4 Å². The van der Waals surface area contributed by atoms with Crippen molar-refractivity contribution in [2.45, 2.75) is 38.1 Å². The summed E-state index contributed by atoms with van der Waals surface area (Å²) in [5.41, 5.74) is 4.92. The lowest BCUT2D eigenvalue weighted by Crippen LogP contribution is -2.45. The Balaban J connectivity index is 2.27. The third-order valence-corrected chi connectivity index (χ3v) is 4.36. The minimum atomic E-state index is -0.586. The fraction of sp³-hybridized carbons (Fsp3) is 0.833. The van der Waals surface area contributed by atoms with Crippen LogP contribution in [0.5, 0.6) is 0 Å². The molecule has 0 spiro atoms. The van der Waals surface area contributed by atoms with Gasteiger partial charge < -0.3 is 11.1 Å². The highest BCUT2D eigenvalue weighted by Gasteiger charge is 2.35. The van der Waals surface area contributed by atoms with Gasteiger partial charge in [0.05, 0.1) is 11.8 Å². The lowest BCUT2D eigenvalue weighted by molar-refractivity contribution is -0.119. The van der Waals surface area contributed by atoms with Crippen molar-refractivity contribution in [1.82, 2.24) is 5.32 Å². The van der Waals surface area contributed by atoms with E-state index < -0.39 is 5.54 Å². The lowest BCUT2D eigenvalue weighted by Gasteiger charge is -2.21. The van der Waals surface area contributed by atoms with Crippen molar-refractivity contribution in [2.24, 2.45) is 11.7 Å². The van der Waals surface area contributed by atoms with E-state index in [-0.39, 0.29) is 5.91 Å². The number of hydrogen-bond donors (Lipinski definition) is 2. The first kappa shape index (κ1) is 14.3. The zero-order valence-corrected chi connectivity index (χ0v) is 11.2. The number of carbonyl (C=O) groups excluding carboxylic acids is 1. The van der Waals surface area contributed by atoms with E-state index in [4.69, 9.17) is 11.0 Å². The van der Waals surface area contributed by atoms with E-state index in [1.54, 1.807) is 11.8 Å². The van der Waals surface area contributed by atoms with Crippen LogP contribution in [-0.4, -0.2) is 29.5 Å². The van der Waals surface area contributed by atoms with Crippen LogP contribution in [0.3, 0.4) is 0 Å². The first-order chi connectivity index (χ1) is 8.12. The average molecular weight is 255 g/mol. The highest BCUT2D eigenvalue weighted by atomic mass is 32.2. The van der Waals surface area contributed by atoms with E-state index in [9.17, 15) is 4.79 Å². The van der Waals surface area contributed by atoms with Gasteiger partial charge in [-0.05, 0) is 43.9 Å². The molecule has 1 unspecified atom stereocenters. The Kier molecular flexibility index (Phi) is 5.79. The predicted octanol–water partition coefficient (Wildman–Crippen LogP) is 1.27. The summed E-state index contributed by atoms with van der Waals surface area (Å²) in [4.78, 5) is 11.7. The van der Waals surface area contributed by atoms with Crippen LogP contribution in [0.2, 0.25) is 0 Å². The van der Waals surface area contributed by atoms with E-state index in [1.165, 1.54) is 0 Å². The highest BCUT2D eigenvalue weighted by Crippen LogP contribution is 2.28. The number of carbonyl (C=O) groups is 1. The van der Waals surface area contributed by atoms with Gasteiger partial charge in [-0.15, -0.1) is 0 Å². The van der Waals surface area contributed by atoms with Crippen molar-refractivity contribution >= 4 is 17.7 Å². The topological polar surface area (TPSA) is 78.9 Å². The van der Waals surface area contributed by atoms with Crippen LogP contribution in [0.15, 0.2) is 0 Å². The van der Waals surface area contributed by atoms with Crippen LogP contribution in [0.4, 0.5) is 0 Å². The summed E-state index contributed by atoms with van der Waals surface area (Å²) < 4.78 is 0. The third-order valence-electron chi connectivity index (χ3n) is 3.09. The number of nitrogens with one attached hydrogen (secondary N) is 1. The van der Waals surface area contributed by atoms with E-state index >= 15 is 0 Å². The minimum Gasteiger partial charge on any atom is -0.337 e. The summed E-state index contributed by atoms with van der Waals surface area (Å²) in [6, 6.07) is 2.26. The molecule has 0 radical (unpaired) electrons. The molecule has 96 valence electrons. The fourth-order valence-electron chi connectivity index (χ4n) is 1.97. The number of nitrogens with zero attached hydrogens (tertiary/aromatic N) is 1. The molecular formula is C12H21N3OS. The molecule has 1 atom stereocenters. The monoisotopic (exact) mass is 255 g/mol. The second-order valence-electron chi connectivity index (χ2n) is 4.81. The first-order valence-corrected chi connectivity index (χ1v) is 7.27. The summed E-state index contributed by atoms with van der Waals surface area (Å²) in [6.07, 6.45) is 3.65. The number of hydrogen-bond acceptors (Lipinski definition) is 4. The maximum atomic E-state index is 11.7. The minimum absolute atomic E-state index is 0.0253. The SMILES string of the molecule is CC(CN)CSCC(=O)NC1(C#N)CCCC1. The van der Waals surface area contributed by atoms with Gasteiger partial charge in [0.15, 0.2) is 0 Å². The molecule has 0 aromatic carbocycles. The van der Waals surface area contributed by atoms with Gasteiger partial charge in [-0.3, -0.25) is 4.79 Å². The predicted molar refractivity (Wildman–Crippen MR) is 70.5 cm³/mol. The Labute approximate surface area is 107 Å². The van der Waals surface area contributed by atoms with E-state index in [0.29, 0.717) is 18.2 Å². The van der Waals surface area contributed by atoms with Crippen molar-refractivity contribution in [3.63, 3.8) is 0 Å². The normalized spacial score (nSPS) is 19.6. The zero-order chi connectivity index (χ0) is 12.7. The van der Waals surface area contributed by atoms with Crippen molar-refractivity contribution in [1.29, 1.82) is 5.26 Å². The second-order valence-corrected chi connectivity index (χ2v) is 5.84. The van der Waals surface area contributed by atoms with Crippen LogP contribution >= 0.6 is 11.8 Å². The summed E-state index contributed by atoms with van der Waals surface area (Å²) in [6.45, 7) is 2.72. The molecule has 0 aliphatic heterocycles. The molecule has 0 aromatic heterocycles. The molecule has 1 rings (SSSR count). The van der Waals surface area contributed by atoms with Crippen LogP contribution < -0.4 is 11.1 Å². The third kappa shape index (κ3) is 4.57. The summed E-state index contributed by atoms with van der Waals surface area (Å²) in [5.74, 6) is 1.73. The Morgan fingerprint density at radius 2 is 2.24 bits per heavy atom. The van der Waals surface area contributed by atoms with Gasteiger partial charge in [-0.25, -0.2) is 0 Å². The van der Waals surface area contributed by atoms with Gasteiger partial charge in [0, 0.05) is 0 Å². The van der Waals surface area contributed by atoms with Gasteiger partial charge in [-0.1, -0.05) is 6.92 Å². The van der Waals surface area contributed by atoms with Gasteiger partial charge >= 0.3 is 0 Å². The molecule has 1 aliphatic carbocycles. The molecule has 1 amide bonds. The van der Waals surface area contributed by atoms with E-state index in [2.05, 4.69) is 18.3 Å². The standard InChI is InChI=1S/C12H21N3OS/c1-10(6-13)7-17-8-11(16)15-12(9-14)4-2-3-5-12/h10H,2-8,13H2,1H3,(H,15,16). The second kappa shape index (κ2) is 6.87. The average Bonchev–Trinajstić information content (AvgIpc) is 2.78. The van der Waals surface area contributed by atoms with Gasteiger partial charge in [0.25, 0.3) is 0 Å². The smallest absolute Gasteiger partial charge is 0.231 e. The van der Waals surface area contributed by atoms with Gasteiger partial charge in [-0.2, -0.15) is 17.0 Å². The van der Waals surface area contributed by atoms with Crippen LogP contribution in [-0.2, 0) is 4.79 Å². The summed E-state index contributed by atoms with van der Waals surface area (Å²) >= 11 is 1.59. The maximum Gasteiger partial charge on any atom is 0.231 e. The molecule has 0 bridgehead atoms. The first-order valence-electron chi connectivity index (χ1n) is 6.12. The molecule has 5 heteroatoms. The molecule has 1 saturated carbocycles. The van der Waals surface area contributed by atoms with Crippen molar-refractivity contribution in [3.05, 3.63) is 0 Å².